The van der Waals surface area contributed by atoms with E-state index < -0.39 is 0 Å². The zero-order chi connectivity index (χ0) is 14.4. The molecule has 6 heteroatoms. The van der Waals surface area contributed by atoms with Crippen LogP contribution in [0.25, 0.3) is 10.2 Å². The third-order valence-electron chi connectivity index (χ3n) is 4.97. The molecule has 2 saturated heterocycles. The summed E-state index contributed by atoms with van der Waals surface area (Å²) in [5.41, 5.74) is 5.89. The molecule has 0 spiro atoms. The van der Waals surface area contributed by atoms with Gasteiger partial charge in [-0.2, -0.15) is 4.98 Å². The highest BCUT2D eigenvalue weighted by Crippen LogP contribution is 2.35. The molecular weight excluding hydrogens is 282 g/mol. The van der Waals surface area contributed by atoms with Gasteiger partial charge >= 0.3 is 0 Å². The minimum atomic E-state index is 0.392. The van der Waals surface area contributed by atoms with E-state index >= 15 is 0 Å². The van der Waals surface area contributed by atoms with Crippen molar-refractivity contribution in [2.45, 2.75) is 25.3 Å². The summed E-state index contributed by atoms with van der Waals surface area (Å²) < 4.78 is 0. The molecule has 2 aliphatic rings. The van der Waals surface area contributed by atoms with Crippen molar-refractivity contribution in [2.75, 3.05) is 37.3 Å². The Bertz CT molecular complexity index is 655. The van der Waals surface area contributed by atoms with E-state index in [1.807, 2.05) is 0 Å². The van der Waals surface area contributed by atoms with Gasteiger partial charge < -0.3 is 15.5 Å². The number of nitrogen functional groups attached to an aromatic ring is 1. The van der Waals surface area contributed by atoms with E-state index in [9.17, 15) is 0 Å². The maximum atomic E-state index is 5.89. The van der Waals surface area contributed by atoms with Gasteiger partial charge in [-0.15, -0.1) is 11.3 Å². The molecule has 21 heavy (non-hydrogen) atoms. The van der Waals surface area contributed by atoms with E-state index in [-0.39, 0.29) is 0 Å². The fourth-order valence-electron chi connectivity index (χ4n) is 3.94. The Morgan fingerprint density at radius 2 is 2.19 bits per heavy atom. The normalized spacial score (nSPS) is 27.0. The summed E-state index contributed by atoms with van der Waals surface area (Å²) in [7, 11) is 2.27. The van der Waals surface area contributed by atoms with Crippen molar-refractivity contribution < 1.29 is 0 Å². The van der Waals surface area contributed by atoms with Gasteiger partial charge in [0.25, 0.3) is 0 Å². The first kappa shape index (κ1) is 13.3. The maximum absolute atomic E-state index is 5.89. The lowest BCUT2D eigenvalue weighted by Crippen LogP contribution is -2.53. The molecule has 5 nitrogen and oxygen atoms in total. The van der Waals surface area contributed by atoms with Crippen LogP contribution in [-0.2, 0) is 0 Å². The molecule has 4 rings (SSSR count). The number of hydrogen-bond acceptors (Lipinski definition) is 6. The van der Waals surface area contributed by atoms with Crippen LogP contribution in [0.4, 0.5) is 11.8 Å². The lowest BCUT2D eigenvalue weighted by molar-refractivity contribution is 0.102. The Morgan fingerprint density at radius 3 is 3.10 bits per heavy atom. The minimum absolute atomic E-state index is 0.392. The first-order chi connectivity index (χ1) is 10.2. The van der Waals surface area contributed by atoms with Crippen LogP contribution in [0.1, 0.15) is 19.3 Å². The van der Waals surface area contributed by atoms with Crippen LogP contribution >= 0.6 is 11.3 Å². The fourth-order valence-corrected chi connectivity index (χ4v) is 4.71. The molecule has 0 aliphatic carbocycles. The zero-order valence-corrected chi connectivity index (χ0v) is 13.1. The topological polar surface area (TPSA) is 58.3 Å². The van der Waals surface area contributed by atoms with Crippen LogP contribution in [0.2, 0.25) is 0 Å². The number of rotatable bonds is 1. The molecule has 2 fully saturated rings. The minimum Gasteiger partial charge on any atom is -0.368 e. The number of anilines is 2. The molecule has 0 amide bonds. The van der Waals surface area contributed by atoms with Crippen molar-refractivity contribution in [3.05, 3.63) is 11.4 Å². The van der Waals surface area contributed by atoms with Gasteiger partial charge in [-0.25, -0.2) is 4.98 Å². The van der Waals surface area contributed by atoms with Crippen LogP contribution in [0.5, 0.6) is 0 Å². The number of piperidine rings is 2. The summed E-state index contributed by atoms with van der Waals surface area (Å²) in [6.07, 6.45) is 3.86. The number of thiophene rings is 1. The molecule has 2 aromatic heterocycles. The highest BCUT2D eigenvalue weighted by Gasteiger charge is 2.35. The second kappa shape index (κ2) is 5.10. The predicted octanol–water partition coefficient (Wildman–Crippen LogP) is 2.19. The average Bonchev–Trinajstić information content (AvgIpc) is 2.94. The summed E-state index contributed by atoms with van der Waals surface area (Å²) in [5.74, 6) is 2.18. The maximum Gasteiger partial charge on any atom is 0.223 e. The number of nitrogens with two attached hydrogens (primary N) is 1. The van der Waals surface area contributed by atoms with Crippen LogP contribution in [-0.4, -0.2) is 47.6 Å². The Kier molecular flexibility index (Phi) is 3.23. The lowest BCUT2D eigenvalue weighted by atomic mass is 9.84. The number of aromatic nitrogens is 2. The van der Waals surface area contributed by atoms with E-state index in [2.05, 4.69) is 38.3 Å². The van der Waals surface area contributed by atoms with Crippen molar-refractivity contribution in [3.63, 3.8) is 0 Å². The number of fused-ring (bicyclic) bond motifs is 2. The largest absolute Gasteiger partial charge is 0.368 e. The quantitative estimate of drug-likeness (QED) is 0.875. The molecule has 4 heterocycles. The van der Waals surface area contributed by atoms with Crippen LogP contribution in [0, 0.1) is 5.92 Å². The predicted molar refractivity (Wildman–Crippen MR) is 87.8 cm³/mol. The van der Waals surface area contributed by atoms with Gasteiger partial charge in [-0.05, 0) is 50.2 Å². The van der Waals surface area contributed by atoms with Crippen molar-refractivity contribution in [1.29, 1.82) is 0 Å². The van der Waals surface area contributed by atoms with Gasteiger partial charge in [0.2, 0.25) is 5.95 Å². The van der Waals surface area contributed by atoms with E-state index in [4.69, 9.17) is 5.73 Å². The lowest BCUT2D eigenvalue weighted by Gasteiger charge is -2.46. The molecule has 2 N–H and O–H groups in total. The van der Waals surface area contributed by atoms with Crippen molar-refractivity contribution in [1.82, 2.24) is 14.9 Å². The summed E-state index contributed by atoms with van der Waals surface area (Å²) in [6, 6.07) is 2.86. The third kappa shape index (κ3) is 2.26. The molecule has 2 aliphatic heterocycles. The second-order valence-electron chi connectivity index (χ2n) is 6.23. The molecule has 2 atom stereocenters. The van der Waals surface area contributed by atoms with Crippen molar-refractivity contribution in [2.24, 2.45) is 5.92 Å². The summed E-state index contributed by atoms with van der Waals surface area (Å²) in [6.45, 7) is 3.40. The van der Waals surface area contributed by atoms with Crippen LogP contribution in [0.3, 0.4) is 0 Å². The highest BCUT2D eigenvalue weighted by molar-refractivity contribution is 7.16. The monoisotopic (exact) mass is 303 g/mol. The van der Waals surface area contributed by atoms with Gasteiger partial charge in [0.15, 0.2) is 0 Å². The van der Waals surface area contributed by atoms with Crippen molar-refractivity contribution >= 4 is 33.3 Å². The van der Waals surface area contributed by atoms with E-state index in [1.165, 1.54) is 25.8 Å². The van der Waals surface area contributed by atoms with Crippen molar-refractivity contribution in [3.8, 4) is 0 Å². The van der Waals surface area contributed by atoms with E-state index in [1.54, 1.807) is 11.3 Å². The molecule has 0 bridgehead atoms. The zero-order valence-electron chi connectivity index (χ0n) is 12.3. The molecule has 0 radical (unpaired) electrons. The Balaban J connectivity index is 1.66. The number of nitrogens with zero attached hydrogens (tertiary/aromatic N) is 4. The standard InChI is InChI=1S/C15H21N5S/c1-19-6-2-3-10-9-20(7-4-12(10)19)13-11-5-8-21-14(11)18-15(16)17-13/h5,8,10,12H,2-4,6-7,9H2,1H3,(H2,16,17,18). The smallest absolute Gasteiger partial charge is 0.223 e. The molecule has 0 aromatic carbocycles. The second-order valence-corrected chi connectivity index (χ2v) is 7.12. The van der Waals surface area contributed by atoms with Gasteiger partial charge in [-0.1, -0.05) is 0 Å². The summed E-state index contributed by atoms with van der Waals surface area (Å²) >= 11 is 1.64. The third-order valence-corrected chi connectivity index (χ3v) is 5.77. The van der Waals surface area contributed by atoms with Gasteiger partial charge in [0.1, 0.15) is 10.6 Å². The number of hydrogen-bond donors (Lipinski definition) is 1. The summed E-state index contributed by atoms with van der Waals surface area (Å²) in [5, 5.41) is 3.22. The van der Waals surface area contributed by atoms with E-state index in [0.717, 1.165) is 41.1 Å². The highest BCUT2D eigenvalue weighted by atomic mass is 32.1. The molecular formula is C15H21N5S. The number of likely N-dealkylation sites (tertiary alicyclic amines) is 1. The average molecular weight is 303 g/mol. The molecule has 2 unspecified atom stereocenters. The van der Waals surface area contributed by atoms with E-state index in [0.29, 0.717) is 5.95 Å². The molecule has 0 saturated carbocycles. The Labute approximate surface area is 128 Å². The Morgan fingerprint density at radius 1 is 1.29 bits per heavy atom. The molecule has 2 aromatic rings. The van der Waals surface area contributed by atoms with Crippen LogP contribution in [0.15, 0.2) is 11.4 Å². The van der Waals surface area contributed by atoms with Gasteiger partial charge in [-0.3, -0.25) is 0 Å². The fraction of sp³-hybridized carbons (Fsp3) is 0.600. The SMILES string of the molecule is CN1CCCC2CN(c3nc(N)nc4sccc34)CCC21. The first-order valence-corrected chi connectivity index (χ1v) is 8.56. The van der Waals surface area contributed by atoms with Gasteiger partial charge in [0.05, 0.1) is 5.39 Å². The Hall–Kier alpha value is -1.40. The first-order valence-electron chi connectivity index (χ1n) is 7.68. The summed E-state index contributed by atoms with van der Waals surface area (Å²) in [4.78, 5) is 14.8. The molecule has 112 valence electrons. The van der Waals surface area contributed by atoms with Crippen LogP contribution < -0.4 is 10.6 Å². The van der Waals surface area contributed by atoms with Gasteiger partial charge in [0, 0.05) is 19.1 Å².